The molecule has 0 fully saturated rings. The molecule has 0 bridgehead atoms. The number of hydrogen-bond acceptors (Lipinski definition) is 2. The van der Waals surface area contributed by atoms with Gasteiger partial charge in [-0.2, -0.15) is 0 Å². The number of benzene rings is 1. The Morgan fingerprint density at radius 3 is 2.70 bits per heavy atom. The van der Waals surface area contributed by atoms with E-state index in [2.05, 4.69) is 0 Å². The first-order chi connectivity index (χ1) is 4.84. The summed E-state index contributed by atoms with van der Waals surface area (Å²) >= 11 is 0. The molecule has 1 N–H and O–H groups in total. The molecule has 1 atom stereocenters. The number of para-hydroxylation sites is 1. The molecule has 52 valence electrons. The van der Waals surface area contributed by atoms with Crippen molar-refractivity contribution in [3.05, 3.63) is 29.8 Å². The highest BCUT2D eigenvalue weighted by molar-refractivity contribution is 7.22. The summed E-state index contributed by atoms with van der Waals surface area (Å²) in [5.74, 6) is 0.228. The predicted molar refractivity (Wildman–Crippen MR) is 40.8 cm³/mol. The first-order valence-electron chi connectivity index (χ1n) is 2.96. The largest absolute Gasteiger partial charge is 0.508 e. The van der Waals surface area contributed by atoms with Crippen LogP contribution in [0.1, 0.15) is 5.56 Å². The molecular formula is C7H8O2P+. The third kappa shape index (κ3) is 1.55. The van der Waals surface area contributed by atoms with Crippen LogP contribution in [0.3, 0.4) is 0 Å². The van der Waals surface area contributed by atoms with Crippen LogP contribution in [0.2, 0.25) is 0 Å². The number of phenols is 1. The minimum absolute atomic E-state index is 0.228. The highest BCUT2D eigenvalue weighted by Crippen LogP contribution is 2.19. The summed E-state index contributed by atoms with van der Waals surface area (Å²) in [5, 5.41) is 9.11. The molecule has 1 aromatic rings. The third-order valence-electron chi connectivity index (χ3n) is 1.25. The molecule has 3 heteroatoms. The fraction of sp³-hybridized carbons (Fsp3) is 0.143. The number of hydrogen-bond donors (Lipinski definition) is 1. The summed E-state index contributed by atoms with van der Waals surface area (Å²) in [6, 6.07) is 6.91. The molecule has 0 aliphatic rings. The summed E-state index contributed by atoms with van der Waals surface area (Å²) in [7, 11) is -0.378. The molecular weight excluding hydrogens is 147 g/mol. The first kappa shape index (κ1) is 7.23. The Balaban J connectivity index is 2.91. The molecule has 0 saturated heterocycles. The van der Waals surface area contributed by atoms with Gasteiger partial charge in [-0.3, -0.25) is 0 Å². The van der Waals surface area contributed by atoms with E-state index >= 15 is 0 Å². The summed E-state index contributed by atoms with van der Waals surface area (Å²) in [4.78, 5) is 0. The second-order valence-corrected chi connectivity index (χ2v) is 2.59. The molecule has 0 aliphatic heterocycles. The average Bonchev–Trinajstić information content (AvgIpc) is 1.94. The molecule has 0 saturated carbocycles. The zero-order chi connectivity index (χ0) is 7.40. The Bertz CT molecular complexity index is 235. The predicted octanol–water partition coefficient (Wildman–Crippen LogP) is 1.92. The quantitative estimate of drug-likeness (QED) is 0.662. The van der Waals surface area contributed by atoms with Crippen LogP contribution in [0.15, 0.2) is 24.3 Å². The van der Waals surface area contributed by atoms with Gasteiger partial charge in [-0.1, -0.05) is 22.8 Å². The van der Waals surface area contributed by atoms with Crippen molar-refractivity contribution in [1.82, 2.24) is 0 Å². The van der Waals surface area contributed by atoms with E-state index in [4.69, 9.17) is 5.11 Å². The highest BCUT2D eigenvalue weighted by Gasteiger charge is 2.01. The van der Waals surface area contributed by atoms with Crippen molar-refractivity contribution < 1.29 is 9.67 Å². The fourth-order valence-electron chi connectivity index (χ4n) is 0.738. The van der Waals surface area contributed by atoms with Crippen LogP contribution in [-0.2, 0) is 10.7 Å². The Morgan fingerprint density at radius 1 is 1.40 bits per heavy atom. The summed E-state index contributed by atoms with van der Waals surface area (Å²) in [5.41, 5.74) is 0.746. The lowest BCUT2D eigenvalue weighted by atomic mass is 10.2. The maximum absolute atomic E-state index is 10.2. The third-order valence-corrected chi connectivity index (χ3v) is 1.78. The maximum atomic E-state index is 10.2. The Kier molecular flexibility index (Phi) is 2.41. The van der Waals surface area contributed by atoms with Crippen molar-refractivity contribution in [2.45, 2.75) is 6.16 Å². The lowest BCUT2D eigenvalue weighted by Gasteiger charge is -1.93. The van der Waals surface area contributed by atoms with E-state index in [0.29, 0.717) is 6.16 Å². The lowest BCUT2D eigenvalue weighted by molar-refractivity contribution is 0.470. The van der Waals surface area contributed by atoms with Gasteiger partial charge in [0.05, 0.1) is 0 Å². The molecule has 0 amide bonds. The van der Waals surface area contributed by atoms with E-state index in [1.807, 2.05) is 6.07 Å². The monoisotopic (exact) mass is 155 g/mol. The first-order valence-corrected chi connectivity index (χ1v) is 4.08. The van der Waals surface area contributed by atoms with Crippen LogP contribution in [-0.4, -0.2) is 5.11 Å². The SMILES string of the molecule is O=[PH+]Cc1ccccc1O. The van der Waals surface area contributed by atoms with Crippen molar-refractivity contribution in [3.63, 3.8) is 0 Å². The number of aromatic hydroxyl groups is 1. The summed E-state index contributed by atoms with van der Waals surface area (Å²) in [6.45, 7) is 0. The van der Waals surface area contributed by atoms with Crippen LogP contribution in [0.25, 0.3) is 0 Å². The Hall–Kier alpha value is -0.880. The van der Waals surface area contributed by atoms with Gasteiger partial charge in [0.25, 0.3) is 0 Å². The van der Waals surface area contributed by atoms with Crippen molar-refractivity contribution in [1.29, 1.82) is 0 Å². The molecule has 0 spiro atoms. The van der Waals surface area contributed by atoms with Crippen LogP contribution in [0, 0.1) is 0 Å². The van der Waals surface area contributed by atoms with Gasteiger partial charge in [-0.15, -0.1) is 0 Å². The second-order valence-electron chi connectivity index (χ2n) is 1.95. The van der Waals surface area contributed by atoms with Crippen molar-refractivity contribution in [2.75, 3.05) is 0 Å². The normalized spacial score (nSPS) is 10.0. The number of phenolic OH excluding ortho intramolecular Hbond substituents is 1. The van der Waals surface area contributed by atoms with Gasteiger partial charge in [0.1, 0.15) is 5.75 Å². The van der Waals surface area contributed by atoms with Crippen LogP contribution in [0.5, 0.6) is 5.75 Å². The molecule has 2 nitrogen and oxygen atoms in total. The van der Waals surface area contributed by atoms with Gasteiger partial charge < -0.3 is 5.11 Å². The van der Waals surface area contributed by atoms with E-state index in [-0.39, 0.29) is 14.2 Å². The topological polar surface area (TPSA) is 37.3 Å². The van der Waals surface area contributed by atoms with Gasteiger partial charge >= 0.3 is 8.46 Å². The summed E-state index contributed by atoms with van der Waals surface area (Å²) in [6.07, 6.45) is 0.437. The fourth-order valence-corrected chi connectivity index (χ4v) is 1.19. The molecule has 0 aromatic heterocycles. The van der Waals surface area contributed by atoms with Crippen molar-refractivity contribution >= 4 is 8.46 Å². The minimum Gasteiger partial charge on any atom is -0.508 e. The van der Waals surface area contributed by atoms with Gasteiger partial charge in [0.2, 0.25) is 0 Å². The minimum atomic E-state index is -0.378. The smallest absolute Gasteiger partial charge is 0.329 e. The number of rotatable bonds is 2. The maximum Gasteiger partial charge on any atom is 0.329 e. The Labute approximate surface area is 60.7 Å². The molecule has 10 heavy (non-hydrogen) atoms. The lowest BCUT2D eigenvalue weighted by Crippen LogP contribution is -1.76. The van der Waals surface area contributed by atoms with E-state index in [1.54, 1.807) is 18.2 Å². The zero-order valence-electron chi connectivity index (χ0n) is 5.37. The van der Waals surface area contributed by atoms with E-state index in [9.17, 15) is 4.57 Å². The Morgan fingerprint density at radius 2 is 2.10 bits per heavy atom. The van der Waals surface area contributed by atoms with Gasteiger partial charge in [0.15, 0.2) is 6.16 Å². The molecule has 0 heterocycles. The van der Waals surface area contributed by atoms with E-state index in [0.717, 1.165) is 5.56 Å². The molecule has 1 unspecified atom stereocenters. The van der Waals surface area contributed by atoms with E-state index < -0.39 is 0 Å². The van der Waals surface area contributed by atoms with Crippen LogP contribution < -0.4 is 0 Å². The summed E-state index contributed by atoms with van der Waals surface area (Å²) < 4.78 is 10.2. The van der Waals surface area contributed by atoms with Crippen LogP contribution in [0.4, 0.5) is 0 Å². The molecule has 1 aromatic carbocycles. The average molecular weight is 155 g/mol. The molecule has 0 aliphatic carbocycles. The van der Waals surface area contributed by atoms with Crippen LogP contribution >= 0.6 is 8.46 Å². The highest BCUT2D eigenvalue weighted by atomic mass is 31.1. The van der Waals surface area contributed by atoms with Gasteiger partial charge in [-0.05, 0) is 6.07 Å². The second kappa shape index (κ2) is 3.33. The van der Waals surface area contributed by atoms with Crippen molar-refractivity contribution in [2.24, 2.45) is 0 Å². The van der Waals surface area contributed by atoms with E-state index in [1.165, 1.54) is 0 Å². The molecule has 0 radical (unpaired) electrons. The standard InChI is InChI=1S/C7H7O2P/c8-7-4-2-1-3-6(7)5-10-9/h1-4,8H,5H2/p+1. The zero-order valence-corrected chi connectivity index (χ0v) is 6.37. The van der Waals surface area contributed by atoms with Crippen molar-refractivity contribution in [3.8, 4) is 5.75 Å². The van der Waals surface area contributed by atoms with Gasteiger partial charge in [-0.25, -0.2) is 0 Å². The molecule has 1 rings (SSSR count). The van der Waals surface area contributed by atoms with Gasteiger partial charge in [0, 0.05) is 5.56 Å².